The number of aliphatic imine (C=N–C) groups is 1. The number of rotatable bonds is 7. The second kappa shape index (κ2) is 9.83. The third-order valence-corrected chi connectivity index (χ3v) is 7.40. The number of fused-ring (bicyclic) bond motifs is 1. The van der Waals surface area contributed by atoms with E-state index in [9.17, 15) is 13.2 Å². The van der Waals surface area contributed by atoms with E-state index in [2.05, 4.69) is 39.0 Å². The number of piperidine rings is 1. The number of nitrogens with one attached hydrogen (secondary N) is 2. The molecule has 2 aromatic carbocycles. The average molecular weight is 455 g/mol. The lowest BCUT2D eigenvalue weighted by Crippen LogP contribution is -2.34. The highest BCUT2D eigenvalue weighted by Crippen LogP contribution is 2.22. The predicted octanol–water partition coefficient (Wildman–Crippen LogP) is 2.66. The van der Waals surface area contributed by atoms with E-state index in [0.29, 0.717) is 17.9 Å². The molecule has 0 saturated carbocycles. The summed E-state index contributed by atoms with van der Waals surface area (Å²) in [7, 11) is -3.56. The van der Waals surface area contributed by atoms with Gasteiger partial charge in [0, 0.05) is 31.6 Å². The van der Waals surface area contributed by atoms with E-state index in [4.69, 9.17) is 0 Å². The van der Waals surface area contributed by atoms with Crippen molar-refractivity contribution in [1.82, 2.24) is 14.9 Å². The molecule has 0 radical (unpaired) electrons. The van der Waals surface area contributed by atoms with Crippen LogP contribution in [0.3, 0.4) is 0 Å². The van der Waals surface area contributed by atoms with Gasteiger partial charge in [-0.2, -0.15) is 0 Å². The Balaban J connectivity index is 1.30. The molecule has 0 spiro atoms. The van der Waals surface area contributed by atoms with Crippen LogP contribution < -0.4 is 10.0 Å². The average Bonchev–Trinajstić information content (AvgIpc) is 3.03. The molecule has 2 heterocycles. The minimum atomic E-state index is -3.56. The molecule has 1 atom stereocenters. The van der Waals surface area contributed by atoms with Crippen LogP contribution in [0.25, 0.3) is 0 Å². The van der Waals surface area contributed by atoms with Crippen molar-refractivity contribution >= 4 is 21.8 Å². The summed E-state index contributed by atoms with van der Waals surface area (Å²) in [5.41, 5.74) is 2.93. The Hall–Kier alpha value is -2.71. The lowest BCUT2D eigenvalue weighted by molar-refractivity contribution is -0.121. The van der Waals surface area contributed by atoms with Crippen LogP contribution in [0, 0.1) is 5.92 Å². The highest BCUT2D eigenvalue weighted by Gasteiger charge is 2.29. The van der Waals surface area contributed by atoms with E-state index in [1.807, 2.05) is 12.1 Å². The number of hydrogen-bond acceptors (Lipinski definition) is 5. The van der Waals surface area contributed by atoms with E-state index in [0.717, 1.165) is 31.1 Å². The number of carbonyl (C=O) groups excluding carboxylic acids is 1. The molecule has 2 aliphatic rings. The number of benzene rings is 2. The quantitative estimate of drug-likeness (QED) is 0.673. The lowest BCUT2D eigenvalue weighted by Gasteiger charge is -2.31. The van der Waals surface area contributed by atoms with Crippen molar-refractivity contribution in [3.8, 4) is 0 Å². The fourth-order valence-electron chi connectivity index (χ4n) is 4.36. The summed E-state index contributed by atoms with van der Waals surface area (Å²) < 4.78 is 26.7. The molecule has 2 N–H and O–H groups in total. The van der Waals surface area contributed by atoms with Crippen LogP contribution in [0.4, 0.5) is 0 Å². The first-order valence-corrected chi connectivity index (χ1v) is 12.6. The smallest absolute Gasteiger partial charge is 0.263 e. The Morgan fingerprint density at radius 3 is 2.72 bits per heavy atom. The standard InChI is InChI=1S/C24H30N4O3S/c1-18-7-6-14-28(16-18)17-20-9-3-2-8-19(20)15-26-23(29)12-13-25-24-21-10-4-5-11-22(21)32(30,31)27-24/h2-5,8-11,18H,6-7,12-17H2,1H3,(H,25,27)(H,26,29). The number of likely N-dealkylation sites (tertiary alicyclic amines) is 1. The van der Waals surface area contributed by atoms with Crippen molar-refractivity contribution in [3.05, 3.63) is 65.2 Å². The van der Waals surface area contributed by atoms with Crippen molar-refractivity contribution in [3.63, 3.8) is 0 Å². The molecule has 0 aromatic heterocycles. The van der Waals surface area contributed by atoms with E-state index in [1.54, 1.807) is 24.3 Å². The molecule has 1 saturated heterocycles. The van der Waals surface area contributed by atoms with E-state index in [-0.39, 0.29) is 23.8 Å². The highest BCUT2D eigenvalue weighted by molar-refractivity contribution is 7.90. The summed E-state index contributed by atoms with van der Waals surface area (Å²) in [5.74, 6) is 0.924. The molecular weight excluding hydrogens is 424 g/mol. The van der Waals surface area contributed by atoms with Gasteiger partial charge >= 0.3 is 0 Å². The first kappa shape index (κ1) is 22.5. The summed E-state index contributed by atoms with van der Waals surface area (Å²) >= 11 is 0. The Kier molecular flexibility index (Phi) is 6.91. The fraction of sp³-hybridized carbons (Fsp3) is 0.417. The second-order valence-electron chi connectivity index (χ2n) is 8.61. The van der Waals surface area contributed by atoms with Gasteiger partial charge in [-0.3, -0.25) is 19.4 Å². The normalized spacial score (nSPS) is 21.2. The van der Waals surface area contributed by atoms with Crippen LogP contribution in [0.1, 0.15) is 42.9 Å². The van der Waals surface area contributed by atoms with Gasteiger partial charge in [-0.25, -0.2) is 8.42 Å². The van der Waals surface area contributed by atoms with Crippen LogP contribution in [0.2, 0.25) is 0 Å². The van der Waals surface area contributed by atoms with Crippen molar-refractivity contribution in [1.29, 1.82) is 0 Å². The molecule has 0 aliphatic carbocycles. The lowest BCUT2D eigenvalue weighted by atomic mass is 9.99. The van der Waals surface area contributed by atoms with Gasteiger partial charge in [0.1, 0.15) is 5.84 Å². The summed E-state index contributed by atoms with van der Waals surface area (Å²) in [6.07, 6.45) is 2.73. The highest BCUT2D eigenvalue weighted by atomic mass is 32.2. The van der Waals surface area contributed by atoms with Gasteiger partial charge in [-0.15, -0.1) is 0 Å². The minimum Gasteiger partial charge on any atom is -0.352 e. The maximum atomic E-state index is 12.4. The Morgan fingerprint density at radius 2 is 1.91 bits per heavy atom. The Labute approximate surface area is 190 Å². The fourth-order valence-corrected chi connectivity index (χ4v) is 5.61. The van der Waals surface area contributed by atoms with Gasteiger partial charge in [0.05, 0.1) is 11.4 Å². The molecule has 170 valence electrons. The van der Waals surface area contributed by atoms with Crippen molar-refractivity contribution < 1.29 is 13.2 Å². The Morgan fingerprint density at radius 1 is 1.16 bits per heavy atom. The number of amidine groups is 1. The SMILES string of the molecule is CC1CCCN(Cc2ccccc2CNC(=O)CCN=C2NS(=O)(=O)c3ccccc32)C1. The van der Waals surface area contributed by atoms with Crippen LogP contribution in [-0.2, 0) is 27.9 Å². The summed E-state index contributed by atoms with van der Waals surface area (Å²) in [6, 6.07) is 15.0. The maximum absolute atomic E-state index is 12.4. The van der Waals surface area contributed by atoms with Crippen LogP contribution in [0.5, 0.6) is 0 Å². The molecule has 2 aliphatic heterocycles. The van der Waals surface area contributed by atoms with E-state index in [1.165, 1.54) is 18.4 Å². The third-order valence-electron chi connectivity index (χ3n) is 6.00. The van der Waals surface area contributed by atoms with Crippen molar-refractivity contribution in [2.45, 2.75) is 44.2 Å². The molecule has 7 nitrogen and oxygen atoms in total. The zero-order valence-corrected chi connectivity index (χ0v) is 19.2. The van der Waals surface area contributed by atoms with Crippen LogP contribution >= 0.6 is 0 Å². The van der Waals surface area contributed by atoms with Crippen LogP contribution in [0.15, 0.2) is 58.4 Å². The molecule has 32 heavy (non-hydrogen) atoms. The molecule has 2 aromatic rings. The predicted molar refractivity (Wildman–Crippen MR) is 125 cm³/mol. The minimum absolute atomic E-state index is 0.107. The number of nitrogens with zero attached hydrogens (tertiary/aromatic N) is 2. The monoisotopic (exact) mass is 454 g/mol. The van der Waals surface area contributed by atoms with Gasteiger partial charge in [0.2, 0.25) is 5.91 Å². The molecule has 1 amide bonds. The first-order valence-electron chi connectivity index (χ1n) is 11.1. The summed E-state index contributed by atoms with van der Waals surface area (Å²) in [5, 5.41) is 2.98. The van der Waals surface area contributed by atoms with Crippen LogP contribution in [-0.4, -0.2) is 44.7 Å². The molecule has 1 unspecified atom stereocenters. The van der Waals surface area contributed by atoms with Crippen molar-refractivity contribution in [2.24, 2.45) is 10.9 Å². The number of carbonyl (C=O) groups is 1. The van der Waals surface area contributed by atoms with Gasteiger partial charge in [-0.05, 0) is 48.6 Å². The maximum Gasteiger partial charge on any atom is 0.263 e. The molecule has 4 rings (SSSR count). The third kappa shape index (κ3) is 5.37. The zero-order chi connectivity index (χ0) is 22.6. The van der Waals surface area contributed by atoms with Gasteiger partial charge < -0.3 is 5.32 Å². The zero-order valence-electron chi connectivity index (χ0n) is 18.4. The van der Waals surface area contributed by atoms with Gasteiger partial charge in [-0.1, -0.05) is 43.3 Å². The van der Waals surface area contributed by atoms with Gasteiger partial charge in [0.15, 0.2) is 0 Å². The topological polar surface area (TPSA) is 90.9 Å². The molecule has 1 fully saturated rings. The van der Waals surface area contributed by atoms with E-state index >= 15 is 0 Å². The number of sulfonamides is 1. The molecule has 0 bridgehead atoms. The summed E-state index contributed by atoms with van der Waals surface area (Å²) in [4.78, 5) is 19.4. The molecular formula is C24H30N4O3S. The van der Waals surface area contributed by atoms with Gasteiger partial charge in [0.25, 0.3) is 10.0 Å². The second-order valence-corrected chi connectivity index (χ2v) is 10.3. The first-order chi connectivity index (χ1) is 15.4. The number of hydrogen-bond donors (Lipinski definition) is 2. The Bertz CT molecular complexity index is 1110. The molecule has 8 heteroatoms. The van der Waals surface area contributed by atoms with Crippen molar-refractivity contribution in [2.75, 3.05) is 19.6 Å². The number of amides is 1. The summed E-state index contributed by atoms with van der Waals surface area (Å²) in [6.45, 7) is 6.14. The largest absolute Gasteiger partial charge is 0.352 e. The van der Waals surface area contributed by atoms with E-state index < -0.39 is 10.0 Å².